The van der Waals surface area contributed by atoms with Gasteiger partial charge in [-0.25, -0.2) is 4.79 Å². The Hall–Kier alpha value is -0.610. The molecule has 0 aliphatic carbocycles. The summed E-state index contributed by atoms with van der Waals surface area (Å²) in [6.07, 6.45) is 0.154. The lowest BCUT2D eigenvalue weighted by Crippen LogP contribution is -2.47. The smallest absolute Gasteiger partial charge is 0.337 e. The summed E-state index contributed by atoms with van der Waals surface area (Å²) in [4.78, 5) is 11.2. The van der Waals surface area contributed by atoms with E-state index in [1.54, 1.807) is 0 Å². The highest BCUT2D eigenvalue weighted by Gasteiger charge is 2.40. The number of carbonyl (C=O) groups is 1. The van der Waals surface area contributed by atoms with Crippen molar-refractivity contribution in [1.82, 2.24) is 0 Å². The van der Waals surface area contributed by atoms with Crippen molar-refractivity contribution in [3.05, 3.63) is 0 Å². The first-order valence-electron chi connectivity index (χ1n) is 5.80. The summed E-state index contributed by atoms with van der Waals surface area (Å²) >= 11 is 0. The molecule has 4 nitrogen and oxygen atoms in total. The molecule has 1 fully saturated rings. The molecule has 0 bridgehead atoms. The largest absolute Gasteiger partial charge is 0.467 e. The summed E-state index contributed by atoms with van der Waals surface area (Å²) < 4.78 is 10.1. The molecule has 1 rings (SSSR count). The Morgan fingerprint density at radius 1 is 1.62 bits per heavy atom. The fourth-order valence-electron chi connectivity index (χ4n) is 2.32. The third kappa shape index (κ3) is 2.74. The quantitative estimate of drug-likeness (QED) is 0.744. The van der Waals surface area contributed by atoms with Gasteiger partial charge in [-0.2, -0.15) is 0 Å². The minimum Gasteiger partial charge on any atom is -0.467 e. The maximum atomic E-state index is 11.2. The fourth-order valence-corrected chi connectivity index (χ4v) is 2.32. The Morgan fingerprint density at radius 3 is 2.75 bits per heavy atom. The molecule has 3 unspecified atom stereocenters. The van der Waals surface area contributed by atoms with E-state index >= 15 is 0 Å². The van der Waals surface area contributed by atoms with Gasteiger partial charge < -0.3 is 14.6 Å². The van der Waals surface area contributed by atoms with Gasteiger partial charge in [-0.1, -0.05) is 27.2 Å². The third-order valence-electron chi connectivity index (χ3n) is 3.58. The van der Waals surface area contributed by atoms with E-state index in [1.165, 1.54) is 7.11 Å². The zero-order chi connectivity index (χ0) is 12.3. The van der Waals surface area contributed by atoms with Gasteiger partial charge in [-0.15, -0.1) is 0 Å². The van der Waals surface area contributed by atoms with Gasteiger partial charge >= 0.3 is 5.97 Å². The number of esters is 1. The molecule has 0 aromatic rings. The van der Waals surface area contributed by atoms with E-state index < -0.39 is 18.2 Å². The summed E-state index contributed by atoms with van der Waals surface area (Å²) in [5.74, 6) is -0.148. The number of rotatable bonds is 3. The van der Waals surface area contributed by atoms with Gasteiger partial charge in [-0.05, 0) is 17.8 Å². The maximum absolute atomic E-state index is 11.2. The number of aliphatic hydroxyl groups excluding tert-OH is 1. The Balaban J connectivity index is 2.64. The Labute approximate surface area is 96.9 Å². The first-order valence-corrected chi connectivity index (χ1v) is 5.80. The van der Waals surface area contributed by atoms with Crippen molar-refractivity contribution in [1.29, 1.82) is 0 Å². The van der Waals surface area contributed by atoms with Gasteiger partial charge in [0.1, 0.15) is 0 Å². The highest BCUT2D eigenvalue weighted by Crippen LogP contribution is 2.38. The molecular formula is C12H22O4. The van der Waals surface area contributed by atoms with E-state index in [4.69, 9.17) is 4.74 Å². The molecule has 1 heterocycles. The average molecular weight is 230 g/mol. The van der Waals surface area contributed by atoms with Gasteiger partial charge in [0.15, 0.2) is 6.10 Å². The second kappa shape index (κ2) is 5.15. The summed E-state index contributed by atoms with van der Waals surface area (Å²) in [7, 11) is 1.27. The Bertz CT molecular complexity index is 249. The molecule has 0 saturated carbocycles. The van der Waals surface area contributed by atoms with Gasteiger partial charge in [-0.3, -0.25) is 0 Å². The van der Waals surface area contributed by atoms with Crippen molar-refractivity contribution < 1.29 is 19.4 Å². The topological polar surface area (TPSA) is 55.8 Å². The molecule has 0 radical (unpaired) electrons. The van der Waals surface area contributed by atoms with Crippen molar-refractivity contribution in [2.45, 2.75) is 45.8 Å². The van der Waals surface area contributed by atoms with Gasteiger partial charge in [0.25, 0.3) is 0 Å². The summed E-state index contributed by atoms with van der Waals surface area (Å²) in [6.45, 7) is 7.01. The molecule has 1 N–H and O–H groups in total. The predicted octanol–water partition coefficient (Wildman–Crippen LogP) is 1.36. The first kappa shape index (κ1) is 13.5. The van der Waals surface area contributed by atoms with E-state index in [0.717, 1.165) is 6.42 Å². The van der Waals surface area contributed by atoms with Crippen LogP contribution in [0.3, 0.4) is 0 Å². The van der Waals surface area contributed by atoms with Gasteiger partial charge in [0.2, 0.25) is 0 Å². The SMILES string of the molecule is CCC1CC(C(O)C(=O)OC)OCC1(C)C. The van der Waals surface area contributed by atoms with Crippen LogP contribution in [-0.2, 0) is 14.3 Å². The van der Waals surface area contributed by atoms with Crippen molar-refractivity contribution in [2.75, 3.05) is 13.7 Å². The molecule has 1 saturated heterocycles. The zero-order valence-corrected chi connectivity index (χ0v) is 10.5. The van der Waals surface area contributed by atoms with E-state index in [-0.39, 0.29) is 5.41 Å². The van der Waals surface area contributed by atoms with E-state index in [2.05, 4.69) is 25.5 Å². The molecule has 0 aromatic heterocycles. The second-order valence-electron chi connectivity index (χ2n) is 5.15. The number of ether oxygens (including phenoxy) is 2. The molecule has 16 heavy (non-hydrogen) atoms. The molecular weight excluding hydrogens is 208 g/mol. The van der Waals surface area contributed by atoms with Crippen LogP contribution in [0.25, 0.3) is 0 Å². The number of carbonyl (C=O) groups excluding carboxylic acids is 1. The van der Waals surface area contributed by atoms with Crippen molar-refractivity contribution >= 4 is 5.97 Å². The van der Waals surface area contributed by atoms with Crippen molar-refractivity contribution in [3.8, 4) is 0 Å². The lowest BCUT2D eigenvalue weighted by molar-refractivity contribution is -0.171. The second-order valence-corrected chi connectivity index (χ2v) is 5.15. The van der Waals surface area contributed by atoms with E-state index in [1.807, 2.05) is 0 Å². The first-order chi connectivity index (χ1) is 7.42. The molecule has 0 amide bonds. The van der Waals surface area contributed by atoms with E-state index in [9.17, 15) is 9.90 Å². The normalized spacial score (nSPS) is 30.8. The summed E-state index contributed by atoms with van der Waals surface area (Å²) in [5.41, 5.74) is 0.112. The van der Waals surface area contributed by atoms with Crippen LogP contribution in [-0.4, -0.2) is 37.0 Å². The molecule has 94 valence electrons. The number of hydrogen-bond donors (Lipinski definition) is 1. The number of aliphatic hydroxyl groups is 1. The van der Waals surface area contributed by atoms with Crippen molar-refractivity contribution in [2.24, 2.45) is 11.3 Å². The maximum Gasteiger partial charge on any atom is 0.337 e. The lowest BCUT2D eigenvalue weighted by atomic mass is 9.72. The van der Waals surface area contributed by atoms with Crippen molar-refractivity contribution in [3.63, 3.8) is 0 Å². The molecule has 0 spiro atoms. The van der Waals surface area contributed by atoms with Crippen LogP contribution in [0.4, 0.5) is 0 Å². The molecule has 4 heteroatoms. The van der Waals surface area contributed by atoms with Crippen LogP contribution in [0.2, 0.25) is 0 Å². The van der Waals surface area contributed by atoms with Crippen LogP contribution >= 0.6 is 0 Å². The lowest BCUT2D eigenvalue weighted by Gasteiger charge is -2.42. The van der Waals surface area contributed by atoms with Crippen LogP contribution in [0.15, 0.2) is 0 Å². The summed E-state index contributed by atoms with van der Waals surface area (Å²) in [5, 5.41) is 9.73. The van der Waals surface area contributed by atoms with Crippen LogP contribution in [0.5, 0.6) is 0 Å². The standard InChI is InChI=1S/C12H22O4/c1-5-8-6-9(10(13)11(14)15-4)16-7-12(8,2)3/h8-10,13H,5-7H2,1-4H3. The highest BCUT2D eigenvalue weighted by atomic mass is 16.6. The van der Waals surface area contributed by atoms with Crippen LogP contribution in [0.1, 0.15) is 33.6 Å². The molecule has 3 atom stereocenters. The molecule has 1 aliphatic rings. The Morgan fingerprint density at radius 2 is 2.25 bits per heavy atom. The zero-order valence-electron chi connectivity index (χ0n) is 10.5. The number of hydrogen-bond acceptors (Lipinski definition) is 4. The highest BCUT2D eigenvalue weighted by molar-refractivity contribution is 5.74. The van der Waals surface area contributed by atoms with Gasteiger partial charge in [0.05, 0.1) is 19.8 Å². The van der Waals surface area contributed by atoms with Gasteiger partial charge in [0, 0.05) is 0 Å². The minimum absolute atomic E-state index is 0.112. The number of methoxy groups -OCH3 is 1. The minimum atomic E-state index is -1.16. The van der Waals surface area contributed by atoms with Crippen LogP contribution in [0, 0.1) is 11.3 Å². The summed E-state index contributed by atoms with van der Waals surface area (Å²) in [6, 6.07) is 0. The Kier molecular flexibility index (Phi) is 4.33. The monoisotopic (exact) mass is 230 g/mol. The fraction of sp³-hybridized carbons (Fsp3) is 0.917. The van der Waals surface area contributed by atoms with E-state index in [0.29, 0.717) is 18.9 Å². The third-order valence-corrected chi connectivity index (χ3v) is 3.58. The predicted molar refractivity (Wildman–Crippen MR) is 59.9 cm³/mol. The average Bonchev–Trinajstić information content (AvgIpc) is 2.26. The molecule has 1 aliphatic heterocycles. The van der Waals surface area contributed by atoms with Crippen LogP contribution < -0.4 is 0 Å². The molecule has 0 aromatic carbocycles.